The zero-order chi connectivity index (χ0) is 10.6. The summed E-state index contributed by atoms with van der Waals surface area (Å²) < 4.78 is 24.1. The molecular weight excluding hydrogens is 299 g/mol. The number of hydrogen-bond acceptors (Lipinski definition) is 4. The fraction of sp³-hybridized carbons (Fsp3) is 0.625. The number of halogens is 1. The number of aromatic nitrogens is 2. The zero-order valence-electron chi connectivity index (χ0n) is 8.11. The second-order valence-electron chi connectivity index (χ2n) is 2.47. The number of aromatic amines is 1. The predicted molar refractivity (Wildman–Crippen MR) is 44.1 cm³/mol. The van der Waals surface area contributed by atoms with Gasteiger partial charge in [0.15, 0.2) is 0 Å². The highest BCUT2D eigenvalue weighted by atomic mass is 127. The summed E-state index contributed by atoms with van der Waals surface area (Å²) in [6, 6.07) is 0. The first-order valence-electron chi connectivity index (χ1n) is 4.39. The molecular formula is C8H15IN2O3. The van der Waals surface area contributed by atoms with Crippen molar-refractivity contribution in [3.63, 3.8) is 0 Å². The molecule has 6 heteroatoms. The van der Waals surface area contributed by atoms with Gasteiger partial charge in [0.05, 0.1) is 6.33 Å². The van der Waals surface area contributed by atoms with Crippen LogP contribution >= 0.6 is 0 Å². The second-order valence-corrected chi connectivity index (χ2v) is 4.17. The third-order valence-electron chi connectivity index (χ3n) is 1.32. The van der Waals surface area contributed by atoms with E-state index in [-0.39, 0.29) is 0 Å². The number of H-pyrrole nitrogens is 1. The fourth-order valence-electron chi connectivity index (χ4n) is 0.685. The molecule has 1 N–H and O–H groups in total. The first-order valence-corrected chi connectivity index (χ1v) is 7.03. The molecule has 0 atom stereocenters. The van der Waals surface area contributed by atoms with Crippen LogP contribution in [0.1, 0.15) is 26.2 Å². The summed E-state index contributed by atoms with van der Waals surface area (Å²) in [5.41, 5.74) is 0. The molecule has 0 aliphatic heterocycles. The number of imidazole rings is 1. The van der Waals surface area contributed by atoms with E-state index in [0.717, 1.165) is 19.3 Å². The van der Waals surface area contributed by atoms with Gasteiger partial charge in [0.2, 0.25) is 0 Å². The Morgan fingerprint density at radius 2 is 2.21 bits per heavy atom. The van der Waals surface area contributed by atoms with Gasteiger partial charge in [-0.1, -0.05) is 19.8 Å². The van der Waals surface area contributed by atoms with Gasteiger partial charge in [-0.3, -0.25) is 0 Å². The minimum Gasteiger partial charge on any atom is -0.396 e. The van der Waals surface area contributed by atoms with Crippen LogP contribution in [0.15, 0.2) is 18.7 Å². The molecule has 82 valence electrons. The first-order chi connectivity index (χ1) is 6.77. The van der Waals surface area contributed by atoms with E-state index in [1.807, 2.05) is 0 Å². The molecule has 0 aromatic carbocycles. The lowest BCUT2D eigenvalue weighted by molar-refractivity contribution is -1.63. The second kappa shape index (κ2) is 10.9. The minimum absolute atomic E-state index is 0.381. The number of hydrogen-bond donors (Lipinski definition) is 1. The van der Waals surface area contributed by atoms with E-state index < -0.39 is 21.1 Å². The number of nitrogens with one attached hydrogen (secondary N) is 1. The molecule has 1 heterocycles. The molecule has 0 aliphatic carbocycles. The summed E-state index contributed by atoms with van der Waals surface area (Å²) in [6.45, 7) is 2.44. The van der Waals surface area contributed by atoms with Crippen LogP contribution < -0.4 is 27.9 Å². The molecule has 1 aromatic rings. The quantitative estimate of drug-likeness (QED) is 0.456. The lowest BCUT2D eigenvalue weighted by atomic mass is 10.3. The van der Waals surface area contributed by atoms with Crippen molar-refractivity contribution in [2.24, 2.45) is 0 Å². The Hall–Kier alpha value is -0.180. The first kappa shape index (κ1) is 13.8. The summed E-state index contributed by atoms with van der Waals surface area (Å²) in [6.07, 6.45) is 8.08. The maximum Gasteiger partial charge on any atom is 0.506 e. The summed E-state index contributed by atoms with van der Waals surface area (Å²) in [5.74, 6) is 0. The van der Waals surface area contributed by atoms with Gasteiger partial charge in [0, 0.05) is 12.4 Å². The summed E-state index contributed by atoms with van der Waals surface area (Å²) in [7, 11) is 0. The van der Waals surface area contributed by atoms with E-state index in [1.54, 1.807) is 18.7 Å². The van der Waals surface area contributed by atoms with Crippen molar-refractivity contribution >= 4 is 0 Å². The van der Waals surface area contributed by atoms with Gasteiger partial charge in [-0.25, -0.2) is 4.98 Å². The van der Waals surface area contributed by atoms with Gasteiger partial charge in [-0.15, -0.1) is 0 Å². The molecule has 1 aromatic heterocycles. The van der Waals surface area contributed by atoms with Crippen LogP contribution in [0.2, 0.25) is 0 Å². The van der Waals surface area contributed by atoms with Gasteiger partial charge >= 0.3 is 21.1 Å². The molecule has 0 saturated carbocycles. The Kier molecular flexibility index (Phi) is 10.8. The fourth-order valence-corrected chi connectivity index (χ4v) is 1.36. The van der Waals surface area contributed by atoms with E-state index in [9.17, 15) is 6.87 Å². The van der Waals surface area contributed by atoms with Crippen LogP contribution in [-0.4, -0.2) is 16.6 Å². The largest absolute Gasteiger partial charge is 0.506 e. The van der Waals surface area contributed by atoms with Crippen LogP contribution in [-0.2, 0) is 3.07 Å². The molecule has 0 saturated heterocycles. The van der Waals surface area contributed by atoms with Gasteiger partial charge in [0.25, 0.3) is 0 Å². The van der Waals surface area contributed by atoms with Crippen LogP contribution in [0.4, 0.5) is 0 Å². The van der Waals surface area contributed by atoms with Crippen LogP contribution in [0.25, 0.3) is 0 Å². The molecule has 0 radical (unpaired) electrons. The lowest BCUT2D eigenvalue weighted by Gasteiger charge is -1.91. The minimum atomic E-state index is -3.36. The molecule has 14 heavy (non-hydrogen) atoms. The Morgan fingerprint density at radius 1 is 1.43 bits per heavy atom. The van der Waals surface area contributed by atoms with Crippen LogP contribution in [0.5, 0.6) is 0 Å². The molecule has 0 fully saturated rings. The highest BCUT2D eigenvalue weighted by molar-refractivity contribution is 4.64. The number of nitrogens with zero attached hydrogens (tertiary/aromatic N) is 1. The van der Waals surface area contributed by atoms with Crippen molar-refractivity contribution in [1.82, 2.24) is 9.97 Å². The van der Waals surface area contributed by atoms with Gasteiger partial charge in [0.1, 0.15) is 6.61 Å². The van der Waals surface area contributed by atoms with Crippen LogP contribution in [0.3, 0.4) is 0 Å². The Morgan fingerprint density at radius 3 is 2.57 bits per heavy atom. The molecule has 0 unspecified atom stereocenters. The van der Waals surface area contributed by atoms with E-state index in [2.05, 4.69) is 20.0 Å². The summed E-state index contributed by atoms with van der Waals surface area (Å²) in [5, 5.41) is 0. The van der Waals surface area contributed by atoms with Crippen molar-refractivity contribution < 1.29 is 31.0 Å². The predicted octanol–water partition coefficient (Wildman–Crippen LogP) is -3.31. The highest BCUT2D eigenvalue weighted by Crippen LogP contribution is 1.90. The zero-order valence-corrected chi connectivity index (χ0v) is 10.3. The molecule has 0 spiro atoms. The summed E-state index contributed by atoms with van der Waals surface area (Å²) in [4.78, 5) is 6.42. The van der Waals surface area contributed by atoms with Gasteiger partial charge < -0.3 is 11.9 Å². The summed E-state index contributed by atoms with van der Waals surface area (Å²) >= 11 is -3.36. The molecule has 0 aliphatic rings. The van der Waals surface area contributed by atoms with Crippen LogP contribution in [0, 0.1) is 0 Å². The van der Waals surface area contributed by atoms with Crippen molar-refractivity contribution in [3.05, 3.63) is 18.7 Å². The Labute approximate surface area is 92.6 Å². The third kappa shape index (κ3) is 11.8. The van der Waals surface area contributed by atoms with Crippen molar-refractivity contribution in [2.75, 3.05) is 6.61 Å². The van der Waals surface area contributed by atoms with Crippen molar-refractivity contribution in [3.8, 4) is 0 Å². The third-order valence-corrected chi connectivity index (χ3v) is 2.27. The van der Waals surface area contributed by atoms with E-state index in [1.165, 1.54) is 0 Å². The highest BCUT2D eigenvalue weighted by Gasteiger charge is 2.08. The Balaban J connectivity index is 0.000000280. The molecule has 5 nitrogen and oxygen atoms in total. The molecule has 1 rings (SSSR count). The van der Waals surface area contributed by atoms with Crippen molar-refractivity contribution in [1.29, 1.82) is 0 Å². The lowest BCUT2D eigenvalue weighted by Crippen LogP contribution is -3.99. The topological polar surface area (TPSA) is 84.0 Å². The van der Waals surface area contributed by atoms with E-state index in [4.69, 9.17) is 0 Å². The monoisotopic (exact) mass is 314 g/mol. The van der Waals surface area contributed by atoms with E-state index in [0.29, 0.717) is 6.61 Å². The SMILES string of the molecule is CCCCCO[I+2]([O-])[O-].c1c[nH]cn1. The van der Waals surface area contributed by atoms with E-state index >= 15 is 0 Å². The van der Waals surface area contributed by atoms with Gasteiger partial charge in [-0.2, -0.15) is 0 Å². The molecule has 0 bridgehead atoms. The maximum absolute atomic E-state index is 9.87. The number of unbranched alkanes of at least 4 members (excludes halogenated alkanes) is 2. The standard InChI is InChI=1S/C5H11IO3.C3H4N2/c1-2-3-4-5-9-6(7)8;1-2-5-3-4-1/h2-5H2,1H3;1-3H,(H,4,5). The average Bonchev–Trinajstić information content (AvgIpc) is 2.70. The van der Waals surface area contributed by atoms with Crippen molar-refractivity contribution in [2.45, 2.75) is 26.2 Å². The normalized spacial score (nSPS) is 9.71. The smallest absolute Gasteiger partial charge is 0.396 e. The average molecular weight is 314 g/mol. The maximum atomic E-state index is 9.87. The Bertz CT molecular complexity index is 166. The number of rotatable bonds is 5. The van der Waals surface area contributed by atoms with Gasteiger partial charge in [-0.05, 0) is 9.49 Å². The molecule has 0 amide bonds.